The van der Waals surface area contributed by atoms with Gasteiger partial charge in [0, 0.05) is 12.1 Å². The maximum atomic E-state index is 13.4. The van der Waals surface area contributed by atoms with E-state index in [1.807, 2.05) is 20.8 Å². The summed E-state index contributed by atoms with van der Waals surface area (Å²) >= 11 is 0. The SMILES string of the molecule is CC(N)CC(C)(C)Cc1ccc(F)cc1F. The van der Waals surface area contributed by atoms with Crippen LogP contribution >= 0.6 is 0 Å². The molecule has 1 aromatic carbocycles. The first kappa shape index (κ1) is 13.1. The van der Waals surface area contributed by atoms with Crippen molar-refractivity contribution in [2.24, 2.45) is 11.1 Å². The van der Waals surface area contributed by atoms with Gasteiger partial charge in [0.2, 0.25) is 0 Å². The molecule has 0 heterocycles. The average molecular weight is 227 g/mol. The molecule has 0 saturated carbocycles. The lowest BCUT2D eigenvalue weighted by atomic mass is 9.80. The average Bonchev–Trinajstić information content (AvgIpc) is 2.07. The highest BCUT2D eigenvalue weighted by molar-refractivity contribution is 5.19. The van der Waals surface area contributed by atoms with Crippen LogP contribution in [0, 0.1) is 17.0 Å². The van der Waals surface area contributed by atoms with E-state index in [4.69, 9.17) is 5.73 Å². The van der Waals surface area contributed by atoms with Crippen LogP contribution in [0.3, 0.4) is 0 Å². The van der Waals surface area contributed by atoms with Gasteiger partial charge in [-0.05, 0) is 36.8 Å². The van der Waals surface area contributed by atoms with Gasteiger partial charge in [-0.15, -0.1) is 0 Å². The van der Waals surface area contributed by atoms with Crippen LogP contribution in [0.15, 0.2) is 18.2 Å². The highest BCUT2D eigenvalue weighted by Crippen LogP contribution is 2.28. The molecule has 0 bridgehead atoms. The summed E-state index contributed by atoms with van der Waals surface area (Å²) in [6.45, 7) is 6.01. The first-order chi connectivity index (χ1) is 7.30. The first-order valence-electron chi connectivity index (χ1n) is 5.50. The molecule has 2 N–H and O–H groups in total. The van der Waals surface area contributed by atoms with Crippen molar-refractivity contribution in [3.8, 4) is 0 Å². The standard InChI is InChI=1S/C13H19F2N/c1-9(16)7-13(2,3)8-10-4-5-11(14)6-12(10)15/h4-6,9H,7-8,16H2,1-3H3. The van der Waals surface area contributed by atoms with Crippen molar-refractivity contribution in [3.63, 3.8) is 0 Å². The second-order valence-electron chi connectivity index (χ2n) is 5.26. The summed E-state index contributed by atoms with van der Waals surface area (Å²) in [5.74, 6) is -1.01. The third kappa shape index (κ3) is 3.89. The zero-order valence-electron chi connectivity index (χ0n) is 10.1. The summed E-state index contributed by atoms with van der Waals surface area (Å²) in [7, 11) is 0. The first-order valence-corrected chi connectivity index (χ1v) is 5.50. The van der Waals surface area contributed by atoms with E-state index >= 15 is 0 Å². The normalized spacial score (nSPS) is 13.9. The quantitative estimate of drug-likeness (QED) is 0.839. The Bertz CT molecular complexity index is 359. The molecule has 0 aliphatic heterocycles. The Kier molecular flexibility index (Phi) is 4.03. The van der Waals surface area contributed by atoms with Crippen LogP contribution in [0.5, 0.6) is 0 Å². The van der Waals surface area contributed by atoms with Crippen LogP contribution in [-0.2, 0) is 6.42 Å². The molecule has 0 aliphatic rings. The Morgan fingerprint density at radius 2 is 1.94 bits per heavy atom. The molecule has 0 radical (unpaired) electrons. The lowest BCUT2D eigenvalue weighted by Gasteiger charge is -2.26. The van der Waals surface area contributed by atoms with E-state index in [0.717, 1.165) is 12.5 Å². The van der Waals surface area contributed by atoms with Crippen LogP contribution in [0.1, 0.15) is 32.8 Å². The summed E-state index contributed by atoms with van der Waals surface area (Å²) in [6.07, 6.45) is 1.38. The number of rotatable bonds is 4. The fourth-order valence-corrected chi connectivity index (χ4v) is 2.12. The molecule has 0 aromatic heterocycles. The molecule has 1 unspecified atom stereocenters. The third-order valence-corrected chi connectivity index (χ3v) is 2.56. The minimum Gasteiger partial charge on any atom is -0.328 e. The molecule has 3 heteroatoms. The minimum atomic E-state index is -0.536. The van der Waals surface area contributed by atoms with Crippen LogP contribution in [-0.4, -0.2) is 6.04 Å². The molecular weight excluding hydrogens is 208 g/mol. The molecule has 0 fully saturated rings. The Morgan fingerprint density at radius 3 is 2.44 bits per heavy atom. The zero-order valence-corrected chi connectivity index (χ0v) is 10.1. The summed E-state index contributed by atoms with van der Waals surface area (Å²) in [4.78, 5) is 0. The van der Waals surface area contributed by atoms with E-state index in [1.54, 1.807) is 0 Å². The molecule has 1 rings (SSSR count). The van der Waals surface area contributed by atoms with Crippen molar-refractivity contribution in [2.45, 2.75) is 39.7 Å². The Morgan fingerprint density at radius 1 is 1.31 bits per heavy atom. The second kappa shape index (κ2) is 4.91. The van der Waals surface area contributed by atoms with Gasteiger partial charge in [-0.1, -0.05) is 19.9 Å². The van der Waals surface area contributed by atoms with Crippen LogP contribution in [0.2, 0.25) is 0 Å². The molecule has 90 valence electrons. The monoisotopic (exact) mass is 227 g/mol. The fraction of sp³-hybridized carbons (Fsp3) is 0.538. The molecular formula is C13H19F2N. The minimum absolute atomic E-state index is 0.0766. The Hall–Kier alpha value is -0.960. The number of halogens is 2. The lowest BCUT2D eigenvalue weighted by Crippen LogP contribution is -2.27. The van der Waals surface area contributed by atoms with Gasteiger partial charge in [0.15, 0.2) is 0 Å². The highest BCUT2D eigenvalue weighted by Gasteiger charge is 2.21. The van der Waals surface area contributed by atoms with Crippen molar-refractivity contribution in [3.05, 3.63) is 35.4 Å². The van der Waals surface area contributed by atoms with E-state index in [9.17, 15) is 8.78 Å². The van der Waals surface area contributed by atoms with E-state index in [-0.39, 0.29) is 11.5 Å². The molecule has 0 spiro atoms. The third-order valence-electron chi connectivity index (χ3n) is 2.56. The van der Waals surface area contributed by atoms with E-state index in [2.05, 4.69) is 0 Å². The molecule has 1 atom stereocenters. The van der Waals surface area contributed by atoms with Crippen LogP contribution < -0.4 is 5.73 Å². The molecule has 1 aromatic rings. The summed E-state index contributed by atoms with van der Waals surface area (Å²) in [5, 5.41) is 0. The maximum Gasteiger partial charge on any atom is 0.129 e. The van der Waals surface area contributed by atoms with Crippen molar-refractivity contribution in [2.75, 3.05) is 0 Å². The molecule has 16 heavy (non-hydrogen) atoms. The summed E-state index contributed by atoms with van der Waals surface area (Å²) in [5.41, 5.74) is 6.21. The van der Waals surface area contributed by atoms with Gasteiger partial charge in [-0.2, -0.15) is 0 Å². The van der Waals surface area contributed by atoms with Gasteiger partial charge in [0.05, 0.1) is 0 Å². The highest BCUT2D eigenvalue weighted by atomic mass is 19.1. The van der Waals surface area contributed by atoms with Crippen LogP contribution in [0.25, 0.3) is 0 Å². The van der Waals surface area contributed by atoms with E-state index < -0.39 is 11.6 Å². The van der Waals surface area contributed by atoms with Gasteiger partial charge in [0.1, 0.15) is 11.6 Å². The van der Waals surface area contributed by atoms with Gasteiger partial charge < -0.3 is 5.73 Å². The van der Waals surface area contributed by atoms with Crippen molar-refractivity contribution >= 4 is 0 Å². The van der Waals surface area contributed by atoms with E-state index in [1.165, 1.54) is 12.1 Å². The predicted molar refractivity (Wildman–Crippen MR) is 62.1 cm³/mol. The molecule has 0 saturated heterocycles. The van der Waals surface area contributed by atoms with Crippen LogP contribution in [0.4, 0.5) is 8.78 Å². The summed E-state index contributed by atoms with van der Waals surface area (Å²) in [6, 6.07) is 3.81. The lowest BCUT2D eigenvalue weighted by molar-refractivity contribution is 0.305. The maximum absolute atomic E-state index is 13.4. The zero-order chi connectivity index (χ0) is 12.3. The Labute approximate surface area is 95.7 Å². The summed E-state index contributed by atoms with van der Waals surface area (Å²) < 4.78 is 26.2. The van der Waals surface area contributed by atoms with E-state index in [0.29, 0.717) is 12.0 Å². The van der Waals surface area contributed by atoms with Crippen molar-refractivity contribution in [1.82, 2.24) is 0 Å². The van der Waals surface area contributed by atoms with Gasteiger partial charge >= 0.3 is 0 Å². The molecule has 0 aliphatic carbocycles. The number of nitrogens with two attached hydrogens (primary N) is 1. The topological polar surface area (TPSA) is 26.0 Å². The number of hydrogen-bond acceptors (Lipinski definition) is 1. The van der Waals surface area contributed by atoms with Crippen molar-refractivity contribution in [1.29, 1.82) is 0 Å². The molecule has 0 amide bonds. The largest absolute Gasteiger partial charge is 0.328 e. The van der Waals surface area contributed by atoms with Gasteiger partial charge in [-0.25, -0.2) is 8.78 Å². The fourth-order valence-electron chi connectivity index (χ4n) is 2.12. The Balaban J connectivity index is 2.79. The van der Waals surface area contributed by atoms with Crippen molar-refractivity contribution < 1.29 is 8.78 Å². The smallest absolute Gasteiger partial charge is 0.129 e. The van der Waals surface area contributed by atoms with Gasteiger partial charge in [0.25, 0.3) is 0 Å². The van der Waals surface area contributed by atoms with Gasteiger partial charge in [-0.3, -0.25) is 0 Å². The molecule has 1 nitrogen and oxygen atoms in total. The second-order valence-corrected chi connectivity index (χ2v) is 5.26. The predicted octanol–water partition coefficient (Wildman–Crippen LogP) is 3.27. The number of benzene rings is 1. The number of hydrogen-bond donors (Lipinski definition) is 1.